The summed E-state index contributed by atoms with van der Waals surface area (Å²) < 4.78 is 5.23. The lowest BCUT2D eigenvalue weighted by Gasteiger charge is -2.13. The lowest BCUT2D eigenvalue weighted by atomic mass is 10.3. The first-order valence-corrected chi connectivity index (χ1v) is 5.34. The van der Waals surface area contributed by atoms with Crippen molar-refractivity contribution in [1.29, 1.82) is 0 Å². The van der Waals surface area contributed by atoms with Crippen molar-refractivity contribution in [3.8, 4) is 0 Å². The molecule has 0 bridgehead atoms. The SMILES string of the molecule is CC(CNCc1ccco1)NC1CC1. The standard InChI is InChI=1S/C11H18N2O/c1-9(13-10-4-5-10)7-12-8-11-3-2-6-14-11/h2-3,6,9-10,12-13H,4-5,7-8H2,1H3. The Morgan fingerprint density at radius 3 is 3.07 bits per heavy atom. The molecule has 3 heteroatoms. The Morgan fingerprint density at radius 2 is 2.43 bits per heavy atom. The average Bonchev–Trinajstić information content (AvgIpc) is 2.82. The van der Waals surface area contributed by atoms with E-state index >= 15 is 0 Å². The summed E-state index contributed by atoms with van der Waals surface area (Å²) in [6.07, 6.45) is 4.41. The van der Waals surface area contributed by atoms with Gasteiger partial charge in [-0.2, -0.15) is 0 Å². The highest BCUT2D eigenvalue weighted by atomic mass is 16.3. The molecule has 1 aliphatic rings. The molecule has 1 aliphatic carbocycles. The molecule has 0 spiro atoms. The van der Waals surface area contributed by atoms with E-state index in [0.29, 0.717) is 6.04 Å². The molecule has 1 heterocycles. The molecule has 1 aromatic heterocycles. The molecule has 3 nitrogen and oxygen atoms in total. The van der Waals surface area contributed by atoms with Gasteiger partial charge in [0.25, 0.3) is 0 Å². The van der Waals surface area contributed by atoms with Crippen LogP contribution in [0.1, 0.15) is 25.5 Å². The number of hydrogen-bond acceptors (Lipinski definition) is 3. The van der Waals surface area contributed by atoms with E-state index < -0.39 is 0 Å². The quantitative estimate of drug-likeness (QED) is 0.720. The molecular weight excluding hydrogens is 176 g/mol. The Morgan fingerprint density at radius 1 is 1.57 bits per heavy atom. The third-order valence-electron chi connectivity index (χ3n) is 2.43. The number of nitrogens with one attached hydrogen (secondary N) is 2. The van der Waals surface area contributed by atoms with Gasteiger partial charge in [-0.05, 0) is 31.9 Å². The van der Waals surface area contributed by atoms with Crippen LogP contribution in [-0.4, -0.2) is 18.6 Å². The average molecular weight is 194 g/mol. The normalized spacial score (nSPS) is 18.4. The Bertz CT molecular complexity index is 254. The lowest BCUT2D eigenvalue weighted by Crippen LogP contribution is -2.37. The van der Waals surface area contributed by atoms with Gasteiger partial charge in [-0.25, -0.2) is 0 Å². The van der Waals surface area contributed by atoms with E-state index in [-0.39, 0.29) is 0 Å². The Kier molecular flexibility index (Phi) is 3.22. The molecule has 1 unspecified atom stereocenters. The molecular formula is C11H18N2O. The molecule has 2 rings (SSSR count). The zero-order valence-electron chi connectivity index (χ0n) is 8.62. The molecule has 2 N–H and O–H groups in total. The summed E-state index contributed by atoms with van der Waals surface area (Å²) in [6.45, 7) is 4.04. The highest BCUT2D eigenvalue weighted by molar-refractivity contribution is 4.97. The third-order valence-corrected chi connectivity index (χ3v) is 2.43. The first kappa shape index (κ1) is 9.74. The van der Waals surface area contributed by atoms with Crippen LogP contribution >= 0.6 is 0 Å². The molecule has 0 radical (unpaired) electrons. The topological polar surface area (TPSA) is 37.2 Å². The molecule has 0 saturated heterocycles. The van der Waals surface area contributed by atoms with E-state index in [1.807, 2.05) is 12.1 Å². The number of hydrogen-bond donors (Lipinski definition) is 2. The lowest BCUT2D eigenvalue weighted by molar-refractivity contribution is 0.453. The summed E-state index contributed by atoms with van der Waals surface area (Å²) in [4.78, 5) is 0. The molecule has 1 aromatic rings. The van der Waals surface area contributed by atoms with Gasteiger partial charge in [0.1, 0.15) is 5.76 Å². The fraction of sp³-hybridized carbons (Fsp3) is 0.636. The van der Waals surface area contributed by atoms with Gasteiger partial charge >= 0.3 is 0 Å². The van der Waals surface area contributed by atoms with Crippen LogP contribution in [0.4, 0.5) is 0 Å². The molecule has 0 amide bonds. The predicted octanol–water partition coefficient (Wildman–Crippen LogP) is 1.51. The third kappa shape index (κ3) is 3.16. The summed E-state index contributed by atoms with van der Waals surface area (Å²) in [7, 11) is 0. The first-order valence-electron chi connectivity index (χ1n) is 5.34. The number of rotatable bonds is 6. The minimum Gasteiger partial charge on any atom is -0.468 e. The largest absolute Gasteiger partial charge is 0.468 e. The van der Waals surface area contributed by atoms with Gasteiger partial charge in [-0.3, -0.25) is 0 Å². The molecule has 1 saturated carbocycles. The predicted molar refractivity (Wildman–Crippen MR) is 56.0 cm³/mol. The summed E-state index contributed by atoms with van der Waals surface area (Å²) in [5.41, 5.74) is 0. The second-order valence-corrected chi connectivity index (χ2v) is 4.05. The van der Waals surface area contributed by atoms with Crippen LogP contribution in [0.15, 0.2) is 22.8 Å². The van der Waals surface area contributed by atoms with Crippen molar-refractivity contribution >= 4 is 0 Å². The van der Waals surface area contributed by atoms with Gasteiger partial charge in [0.15, 0.2) is 0 Å². The zero-order chi connectivity index (χ0) is 9.80. The molecule has 78 valence electrons. The maximum absolute atomic E-state index is 5.23. The highest BCUT2D eigenvalue weighted by Crippen LogP contribution is 2.19. The van der Waals surface area contributed by atoms with Crippen LogP contribution < -0.4 is 10.6 Å². The molecule has 1 fully saturated rings. The molecule has 0 aliphatic heterocycles. The summed E-state index contributed by atoms with van der Waals surface area (Å²) >= 11 is 0. The van der Waals surface area contributed by atoms with E-state index in [4.69, 9.17) is 4.42 Å². The molecule has 1 atom stereocenters. The van der Waals surface area contributed by atoms with Gasteiger partial charge in [-0.1, -0.05) is 0 Å². The summed E-state index contributed by atoms with van der Waals surface area (Å²) in [5.74, 6) is 1.00. The van der Waals surface area contributed by atoms with Crippen molar-refractivity contribution in [3.05, 3.63) is 24.2 Å². The van der Waals surface area contributed by atoms with Gasteiger partial charge in [-0.15, -0.1) is 0 Å². The van der Waals surface area contributed by atoms with Crippen molar-refractivity contribution in [2.24, 2.45) is 0 Å². The number of furan rings is 1. The van der Waals surface area contributed by atoms with Gasteiger partial charge in [0.05, 0.1) is 12.8 Å². The second kappa shape index (κ2) is 4.62. The highest BCUT2D eigenvalue weighted by Gasteiger charge is 2.22. The smallest absolute Gasteiger partial charge is 0.117 e. The molecule has 14 heavy (non-hydrogen) atoms. The van der Waals surface area contributed by atoms with Crippen molar-refractivity contribution in [2.75, 3.05) is 6.54 Å². The summed E-state index contributed by atoms with van der Waals surface area (Å²) in [5, 5.41) is 6.91. The van der Waals surface area contributed by atoms with E-state index in [1.165, 1.54) is 12.8 Å². The fourth-order valence-corrected chi connectivity index (χ4v) is 1.54. The van der Waals surface area contributed by atoms with Crippen LogP contribution in [0.5, 0.6) is 0 Å². The van der Waals surface area contributed by atoms with Crippen LogP contribution in [0.3, 0.4) is 0 Å². The van der Waals surface area contributed by atoms with E-state index in [2.05, 4.69) is 17.6 Å². The van der Waals surface area contributed by atoms with Crippen LogP contribution in [0, 0.1) is 0 Å². The minimum absolute atomic E-state index is 0.553. The van der Waals surface area contributed by atoms with E-state index in [1.54, 1.807) is 6.26 Å². The fourth-order valence-electron chi connectivity index (χ4n) is 1.54. The Labute approximate surface area is 84.9 Å². The van der Waals surface area contributed by atoms with Gasteiger partial charge < -0.3 is 15.1 Å². The summed E-state index contributed by atoms with van der Waals surface area (Å²) in [6, 6.07) is 5.25. The van der Waals surface area contributed by atoms with Gasteiger partial charge in [0.2, 0.25) is 0 Å². The Balaban J connectivity index is 1.57. The van der Waals surface area contributed by atoms with Crippen molar-refractivity contribution < 1.29 is 4.42 Å². The van der Waals surface area contributed by atoms with Gasteiger partial charge in [0, 0.05) is 18.6 Å². The second-order valence-electron chi connectivity index (χ2n) is 4.05. The van der Waals surface area contributed by atoms with Crippen molar-refractivity contribution in [1.82, 2.24) is 10.6 Å². The van der Waals surface area contributed by atoms with Crippen LogP contribution in [0.25, 0.3) is 0 Å². The first-order chi connectivity index (χ1) is 6.84. The maximum Gasteiger partial charge on any atom is 0.117 e. The van der Waals surface area contributed by atoms with Crippen LogP contribution in [-0.2, 0) is 6.54 Å². The van der Waals surface area contributed by atoms with E-state index in [9.17, 15) is 0 Å². The maximum atomic E-state index is 5.23. The van der Waals surface area contributed by atoms with Crippen molar-refractivity contribution in [2.45, 2.75) is 38.4 Å². The van der Waals surface area contributed by atoms with Crippen LogP contribution in [0.2, 0.25) is 0 Å². The minimum atomic E-state index is 0.553. The molecule has 0 aromatic carbocycles. The monoisotopic (exact) mass is 194 g/mol. The van der Waals surface area contributed by atoms with E-state index in [0.717, 1.165) is 24.9 Å². The van der Waals surface area contributed by atoms with Crippen molar-refractivity contribution in [3.63, 3.8) is 0 Å². The Hall–Kier alpha value is -0.800. The zero-order valence-corrected chi connectivity index (χ0v) is 8.62.